The van der Waals surface area contributed by atoms with E-state index in [-0.39, 0.29) is 11.8 Å². The number of rotatable bonds is 8. The van der Waals surface area contributed by atoms with E-state index in [1.165, 1.54) is 0 Å². The fourth-order valence-corrected chi connectivity index (χ4v) is 2.76. The van der Waals surface area contributed by atoms with E-state index in [4.69, 9.17) is 5.73 Å². The molecule has 26 heavy (non-hydrogen) atoms. The lowest BCUT2D eigenvalue weighted by Gasteiger charge is -2.18. The minimum Gasteiger partial charge on any atom is -0.399 e. The van der Waals surface area contributed by atoms with Crippen LogP contribution in [-0.2, 0) is 17.8 Å². The average molecular weight is 353 g/mol. The quantitative estimate of drug-likeness (QED) is 0.716. The minimum absolute atomic E-state index is 0.0171. The van der Waals surface area contributed by atoms with Gasteiger partial charge in [0.05, 0.1) is 0 Å². The van der Waals surface area contributed by atoms with Gasteiger partial charge in [-0.2, -0.15) is 0 Å². The van der Waals surface area contributed by atoms with Gasteiger partial charge in [-0.15, -0.1) is 0 Å². The number of nitrogen functional groups attached to an aromatic ring is 1. The van der Waals surface area contributed by atoms with Crippen molar-refractivity contribution < 1.29 is 9.59 Å². The highest BCUT2D eigenvalue weighted by atomic mass is 16.2. The van der Waals surface area contributed by atoms with E-state index in [9.17, 15) is 9.59 Å². The molecule has 0 atom stereocenters. The Morgan fingerprint density at radius 3 is 2.27 bits per heavy atom. The Labute approximate surface area is 155 Å². The zero-order valence-corrected chi connectivity index (χ0v) is 15.5. The third-order valence-corrected chi connectivity index (χ3v) is 4.42. The molecule has 0 saturated heterocycles. The van der Waals surface area contributed by atoms with Gasteiger partial charge in [-0.05, 0) is 49.6 Å². The number of nitrogens with two attached hydrogens (primary N) is 1. The number of aryl methyl sites for hydroxylation is 1. The molecule has 0 spiro atoms. The fourth-order valence-electron chi connectivity index (χ4n) is 2.76. The van der Waals surface area contributed by atoms with Crippen molar-refractivity contribution in [2.75, 3.05) is 18.8 Å². The molecular weight excluding hydrogens is 326 g/mol. The summed E-state index contributed by atoms with van der Waals surface area (Å²) in [4.78, 5) is 26.1. The van der Waals surface area contributed by atoms with Crippen LogP contribution in [0.2, 0.25) is 0 Å². The number of anilines is 1. The smallest absolute Gasteiger partial charge is 0.253 e. The number of para-hydroxylation sites is 1. The Balaban J connectivity index is 1.83. The highest BCUT2D eigenvalue weighted by Gasteiger charge is 2.12. The third kappa shape index (κ3) is 5.34. The molecule has 0 aliphatic rings. The lowest BCUT2D eigenvalue weighted by atomic mass is 10.1. The highest BCUT2D eigenvalue weighted by molar-refractivity contribution is 5.94. The molecular formula is C21H27N3O2. The molecule has 2 amide bonds. The SMILES string of the molecule is CCN(CC)C(=O)c1ccc(CNC(=O)CCc2ccccc2N)cc1. The molecule has 3 N–H and O–H groups in total. The number of hydrogen-bond acceptors (Lipinski definition) is 3. The first-order valence-electron chi connectivity index (χ1n) is 9.03. The lowest BCUT2D eigenvalue weighted by molar-refractivity contribution is -0.121. The number of nitrogens with one attached hydrogen (secondary N) is 1. The van der Waals surface area contributed by atoms with Crippen LogP contribution in [0.4, 0.5) is 5.69 Å². The monoisotopic (exact) mass is 353 g/mol. The van der Waals surface area contributed by atoms with Crippen molar-refractivity contribution in [3.8, 4) is 0 Å². The minimum atomic E-state index is -0.0171. The summed E-state index contributed by atoms with van der Waals surface area (Å²) in [5.74, 6) is 0.0163. The lowest BCUT2D eigenvalue weighted by Crippen LogP contribution is -2.30. The second-order valence-corrected chi connectivity index (χ2v) is 6.15. The molecule has 0 aliphatic heterocycles. The summed E-state index contributed by atoms with van der Waals surface area (Å²) in [5, 5.41) is 2.91. The number of carbonyl (C=O) groups excluding carboxylic acids is 2. The summed E-state index contributed by atoms with van der Waals surface area (Å²) >= 11 is 0. The zero-order chi connectivity index (χ0) is 18.9. The molecule has 0 aromatic heterocycles. The highest BCUT2D eigenvalue weighted by Crippen LogP contribution is 2.13. The van der Waals surface area contributed by atoms with Crippen molar-refractivity contribution >= 4 is 17.5 Å². The summed E-state index contributed by atoms with van der Waals surface area (Å²) < 4.78 is 0. The Kier molecular flexibility index (Phi) is 7.21. The molecule has 0 aliphatic carbocycles. The van der Waals surface area contributed by atoms with E-state index < -0.39 is 0 Å². The topological polar surface area (TPSA) is 75.4 Å². The first-order chi connectivity index (χ1) is 12.5. The molecule has 0 radical (unpaired) electrons. The molecule has 5 nitrogen and oxygen atoms in total. The van der Waals surface area contributed by atoms with Gasteiger partial charge in [-0.25, -0.2) is 0 Å². The first kappa shape index (κ1) is 19.5. The number of nitrogens with zero attached hydrogens (tertiary/aromatic N) is 1. The van der Waals surface area contributed by atoms with E-state index in [2.05, 4.69) is 5.32 Å². The van der Waals surface area contributed by atoms with Gasteiger partial charge in [0.15, 0.2) is 0 Å². The molecule has 0 heterocycles. The number of carbonyl (C=O) groups is 2. The predicted molar refractivity (Wildman–Crippen MR) is 105 cm³/mol. The fraction of sp³-hybridized carbons (Fsp3) is 0.333. The van der Waals surface area contributed by atoms with Crippen molar-refractivity contribution in [1.82, 2.24) is 10.2 Å². The number of hydrogen-bond donors (Lipinski definition) is 2. The molecule has 2 rings (SSSR count). The van der Waals surface area contributed by atoms with Crippen LogP contribution in [0, 0.1) is 0 Å². The first-order valence-corrected chi connectivity index (χ1v) is 9.03. The van der Waals surface area contributed by atoms with E-state index in [1.807, 2.05) is 62.4 Å². The standard InChI is InChI=1S/C21H27N3O2/c1-3-24(4-2)21(26)18-11-9-16(10-12-18)15-23-20(25)14-13-17-7-5-6-8-19(17)22/h5-12H,3-4,13-15,22H2,1-2H3,(H,23,25). The van der Waals surface area contributed by atoms with Crippen LogP contribution in [0.5, 0.6) is 0 Å². The van der Waals surface area contributed by atoms with Crippen LogP contribution in [0.1, 0.15) is 41.8 Å². The summed E-state index contributed by atoms with van der Waals surface area (Å²) in [5.41, 5.74) is 9.23. The molecule has 2 aromatic carbocycles. The van der Waals surface area contributed by atoms with Crippen molar-refractivity contribution in [2.45, 2.75) is 33.2 Å². The Morgan fingerprint density at radius 2 is 1.65 bits per heavy atom. The van der Waals surface area contributed by atoms with E-state index in [0.29, 0.717) is 43.7 Å². The van der Waals surface area contributed by atoms with Crippen molar-refractivity contribution in [3.63, 3.8) is 0 Å². The predicted octanol–water partition coefficient (Wildman–Crippen LogP) is 3.00. The van der Waals surface area contributed by atoms with Crippen LogP contribution in [0.15, 0.2) is 48.5 Å². The maximum absolute atomic E-state index is 12.3. The van der Waals surface area contributed by atoms with Gasteiger partial charge in [-0.1, -0.05) is 30.3 Å². The van der Waals surface area contributed by atoms with Crippen LogP contribution in [-0.4, -0.2) is 29.8 Å². The van der Waals surface area contributed by atoms with Gasteiger partial charge in [0.1, 0.15) is 0 Å². The molecule has 2 aromatic rings. The second kappa shape index (κ2) is 9.61. The van der Waals surface area contributed by atoms with Gasteiger partial charge in [0.25, 0.3) is 5.91 Å². The van der Waals surface area contributed by atoms with E-state index in [1.54, 1.807) is 4.90 Å². The van der Waals surface area contributed by atoms with Gasteiger partial charge in [0.2, 0.25) is 5.91 Å². The normalized spacial score (nSPS) is 10.4. The Morgan fingerprint density at radius 1 is 1.00 bits per heavy atom. The number of amides is 2. The Hall–Kier alpha value is -2.82. The number of benzene rings is 2. The van der Waals surface area contributed by atoms with E-state index >= 15 is 0 Å². The van der Waals surface area contributed by atoms with Gasteiger partial charge in [0, 0.05) is 37.3 Å². The third-order valence-electron chi connectivity index (χ3n) is 4.42. The maximum atomic E-state index is 12.3. The van der Waals surface area contributed by atoms with Crippen LogP contribution in [0.25, 0.3) is 0 Å². The molecule has 5 heteroatoms. The van der Waals surface area contributed by atoms with Crippen LogP contribution < -0.4 is 11.1 Å². The van der Waals surface area contributed by atoms with Crippen LogP contribution in [0.3, 0.4) is 0 Å². The van der Waals surface area contributed by atoms with Gasteiger partial charge < -0.3 is 16.0 Å². The summed E-state index contributed by atoms with van der Waals surface area (Å²) in [6.45, 7) is 5.77. The molecule has 0 unspecified atom stereocenters. The van der Waals surface area contributed by atoms with Gasteiger partial charge in [-0.3, -0.25) is 9.59 Å². The van der Waals surface area contributed by atoms with Crippen molar-refractivity contribution in [2.24, 2.45) is 0 Å². The second-order valence-electron chi connectivity index (χ2n) is 6.15. The molecule has 138 valence electrons. The maximum Gasteiger partial charge on any atom is 0.253 e. The molecule has 0 saturated carbocycles. The summed E-state index contributed by atoms with van der Waals surface area (Å²) in [6.07, 6.45) is 1.02. The Bertz CT molecular complexity index is 737. The largest absolute Gasteiger partial charge is 0.399 e. The van der Waals surface area contributed by atoms with Crippen molar-refractivity contribution in [1.29, 1.82) is 0 Å². The summed E-state index contributed by atoms with van der Waals surface area (Å²) in [6, 6.07) is 15.0. The van der Waals surface area contributed by atoms with Gasteiger partial charge >= 0.3 is 0 Å². The van der Waals surface area contributed by atoms with E-state index in [0.717, 1.165) is 11.1 Å². The average Bonchev–Trinajstić information content (AvgIpc) is 2.67. The van der Waals surface area contributed by atoms with Crippen LogP contribution >= 0.6 is 0 Å². The zero-order valence-electron chi connectivity index (χ0n) is 15.5. The molecule has 0 fully saturated rings. The van der Waals surface area contributed by atoms with Crippen molar-refractivity contribution in [3.05, 3.63) is 65.2 Å². The molecule has 0 bridgehead atoms. The summed E-state index contributed by atoms with van der Waals surface area (Å²) in [7, 11) is 0.